The molecule has 0 unspecified atom stereocenters. The molecule has 114 valence electrons. The lowest BCUT2D eigenvalue weighted by Crippen LogP contribution is -2.20. The van der Waals surface area contributed by atoms with Crippen LogP contribution in [-0.4, -0.2) is 17.4 Å². The molecule has 0 atom stereocenters. The summed E-state index contributed by atoms with van der Waals surface area (Å²) in [5, 5.41) is 14.0. The van der Waals surface area contributed by atoms with Crippen LogP contribution in [0.5, 0.6) is 5.75 Å². The lowest BCUT2D eigenvalue weighted by atomic mass is 10.2. The highest BCUT2D eigenvalue weighted by Crippen LogP contribution is 2.25. The Labute approximate surface area is 135 Å². The Morgan fingerprint density at radius 1 is 1.18 bits per heavy atom. The van der Waals surface area contributed by atoms with Gasteiger partial charge in [0, 0.05) is 16.1 Å². The van der Waals surface area contributed by atoms with Gasteiger partial charge < -0.3 is 10.1 Å². The third kappa shape index (κ3) is 4.34. The van der Waals surface area contributed by atoms with Crippen LogP contribution >= 0.6 is 23.2 Å². The average Bonchev–Trinajstić information content (AvgIpc) is 2.44. The van der Waals surface area contributed by atoms with Crippen molar-refractivity contribution in [3.8, 4) is 5.75 Å². The highest BCUT2D eigenvalue weighted by Gasteiger charge is 2.15. The van der Waals surface area contributed by atoms with Gasteiger partial charge in [0.05, 0.1) is 4.92 Å². The Morgan fingerprint density at radius 3 is 2.45 bits per heavy atom. The summed E-state index contributed by atoms with van der Waals surface area (Å²) in [5.74, 6) is -0.208. The van der Waals surface area contributed by atoms with Crippen molar-refractivity contribution in [2.75, 3.05) is 11.9 Å². The molecule has 0 aliphatic heterocycles. The Hall–Kier alpha value is -2.31. The van der Waals surface area contributed by atoms with Crippen molar-refractivity contribution >= 4 is 40.5 Å². The number of hydrogen-bond donors (Lipinski definition) is 1. The van der Waals surface area contributed by atoms with Crippen molar-refractivity contribution in [3.63, 3.8) is 0 Å². The van der Waals surface area contributed by atoms with Gasteiger partial charge in [0.15, 0.2) is 6.61 Å². The van der Waals surface area contributed by atoms with Gasteiger partial charge in [0.1, 0.15) is 11.4 Å². The number of halogens is 2. The summed E-state index contributed by atoms with van der Waals surface area (Å²) in [6.45, 7) is -0.331. The molecule has 0 fully saturated rings. The fourth-order valence-electron chi connectivity index (χ4n) is 1.69. The maximum absolute atomic E-state index is 11.8. The lowest BCUT2D eigenvalue weighted by molar-refractivity contribution is -0.383. The molecule has 1 N–H and O–H groups in total. The van der Waals surface area contributed by atoms with Crippen LogP contribution < -0.4 is 10.1 Å². The molecule has 0 spiro atoms. The average molecular weight is 341 g/mol. The molecular formula is C14H10Cl2N2O4. The summed E-state index contributed by atoms with van der Waals surface area (Å²) in [5.41, 5.74) is -0.0909. The van der Waals surface area contributed by atoms with Gasteiger partial charge in [-0.25, -0.2) is 0 Å². The smallest absolute Gasteiger partial charge is 0.292 e. The van der Waals surface area contributed by atoms with Crippen LogP contribution in [0.2, 0.25) is 10.0 Å². The zero-order valence-corrected chi connectivity index (χ0v) is 12.6. The number of anilines is 1. The summed E-state index contributed by atoms with van der Waals surface area (Å²) in [6.07, 6.45) is 0. The third-order valence-corrected chi connectivity index (χ3v) is 3.02. The second-order valence-electron chi connectivity index (χ2n) is 4.22. The molecule has 8 heteroatoms. The zero-order valence-electron chi connectivity index (χ0n) is 11.1. The van der Waals surface area contributed by atoms with E-state index in [9.17, 15) is 14.9 Å². The van der Waals surface area contributed by atoms with Crippen LogP contribution in [0.3, 0.4) is 0 Å². The van der Waals surface area contributed by atoms with Crippen LogP contribution in [0.1, 0.15) is 0 Å². The van der Waals surface area contributed by atoms with Gasteiger partial charge in [-0.05, 0) is 24.3 Å². The molecule has 1 amide bonds. The number of nitro benzene ring substituents is 1. The predicted molar refractivity (Wildman–Crippen MR) is 83.7 cm³/mol. The summed E-state index contributed by atoms with van der Waals surface area (Å²) < 4.78 is 5.25. The van der Waals surface area contributed by atoms with E-state index in [0.29, 0.717) is 15.8 Å². The van der Waals surface area contributed by atoms with Crippen molar-refractivity contribution in [2.45, 2.75) is 0 Å². The Bertz CT molecular complexity index is 701. The van der Waals surface area contributed by atoms with E-state index in [0.717, 1.165) is 0 Å². The van der Waals surface area contributed by atoms with E-state index in [2.05, 4.69) is 5.32 Å². The van der Waals surface area contributed by atoms with Crippen LogP contribution in [0.4, 0.5) is 11.4 Å². The summed E-state index contributed by atoms with van der Waals surface area (Å²) in [6, 6.07) is 10.4. The maximum Gasteiger partial charge on any atom is 0.292 e. The van der Waals surface area contributed by atoms with Crippen LogP contribution in [-0.2, 0) is 4.79 Å². The van der Waals surface area contributed by atoms with E-state index in [-0.39, 0.29) is 18.0 Å². The molecule has 22 heavy (non-hydrogen) atoms. The van der Waals surface area contributed by atoms with E-state index in [1.54, 1.807) is 6.07 Å². The monoisotopic (exact) mass is 340 g/mol. The molecular weight excluding hydrogens is 331 g/mol. The van der Waals surface area contributed by atoms with Crippen molar-refractivity contribution in [1.29, 1.82) is 0 Å². The standard InChI is InChI=1S/C14H10Cl2N2O4/c15-9-5-10(16)7-11(6-9)22-8-14(19)17-12-3-1-2-4-13(12)18(20)21/h1-7H,8H2,(H,17,19). The number of nitro groups is 1. The Kier molecular flexibility index (Phi) is 5.19. The minimum atomic E-state index is -0.576. The van der Waals surface area contributed by atoms with Gasteiger partial charge in [-0.2, -0.15) is 0 Å². The first-order chi connectivity index (χ1) is 10.5. The molecule has 0 saturated carbocycles. The lowest BCUT2D eigenvalue weighted by Gasteiger charge is -2.08. The normalized spacial score (nSPS) is 10.1. The van der Waals surface area contributed by atoms with Gasteiger partial charge in [-0.3, -0.25) is 14.9 Å². The molecule has 0 aliphatic rings. The van der Waals surface area contributed by atoms with Gasteiger partial charge >= 0.3 is 0 Å². The molecule has 2 rings (SSSR count). The Balaban J connectivity index is 2.00. The molecule has 0 saturated heterocycles. The fraction of sp³-hybridized carbons (Fsp3) is 0.0714. The summed E-state index contributed by atoms with van der Waals surface area (Å²) >= 11 is 11.6. The molecule has 0 aliphatic carbocycles. The van der Waals surface area contributed by atoms with Crippen molar-refractivity contribution in [1.82, 2.24) is 0 Å². The van der Waals surface area contributed by atoms with Crippen molar-refractivity contribution < 1.29 is 14.5 Å². The second-order valence-corrected chi connectivity index (χ2v) is 5.09. The first-order valence-corrected chi connectivity index (χ1v) is 6.83. The molecule has 6 nitrogen and oxygen atoms in total. The maximum atomic E-state index is 11.8. The van der Waals surface area contributed by atoms with E-state index in [4.69, 9.17) is 27.9 Å². The van der Waals surface area contributed by atoms with Crippen molar-refractivity contribution in [3.05, 3.63) is 62.6 Å². The molecule has 0 bridgehead atoms. The summed E-state index contributed by atoms with van der Waals surface area (Å²) in [7, 11) is 0. The number of nitrogens with one attached hydrogen (secondary N) is 1. The van der Waals surface area contributed by atoms with Crippen LogP contribution in [0, 0.1) is 10.1 Å². The topological polar surface area (TPSA) is 81.5 Å². The molecule has 2 aromatic carbocycles. The third-order valence-electron chi connectivity index (χ3n) is 2.58. The molecule has 0 radical (unpaired) electrons. The van der Waals surface area contributed by atoms with E-state index >= 15 is 0 Å². The van der Waals surface area contributed by atoms with Gasteiger partial charge in [-0.1, -0.05) is 35.3 Å². The predicted octanol–water partition coefficient (Wildman–Crippen LogP) is 3.92. The van der Waals surface area contributed by atoms with E-state index in [1.807, 2.05) is 0 Å². The second kappa shape index (κ2) is 7.11. The number of carbonyl (C=O) groups excluding carboxylic acids is 1. The van der Waals surface area contributed by atoms with Crippen LogP contribution in [0.25, 0.3) is 0 Å². The molecule has 2 aromatic rings. The largest absolute Gasteiger partial charge is 0.484 e. The van der Waals surface area contributed by atoms with Crippen molar-refractivity contribution in [2.24, 2.45) is 0 Å². The minimum absolute atomic E-state index is 0.102. The van der Waals surface area contributed by atoms with Gasteiger partial charge in [0.25, 0.3) is 11.6 Å². The first kappa shape index (κ1) is 16.1. The number of carbonyl (C=O) groups is 1. The van der Waals surface area contributed by atoms with E-state index in [1.165, 1.54) is 36.4 Å². The number of amides is 1. The zero-order chi connectivity index (χ0) is 16.1. The van der Waals surface area contributed by atoms with E-state index < -0.39 is 10.8 Å². The number of hydrogen-bond acceptors (Lipinski definition) is 4. The Morgan fingerprint density at radius 2 is 1.82 bits per heavy atom. The fourth-order valence-corrected chi connectivity index (χ4v) is 2.19. The number of para-hydroxylation sites is 2. The van der Waals surface area contributed by atoms with Crippen LogP contribution in [0.15, 0.2) is 42.5 Å². The van der Waals surface area contributed by atoms with Gasteiger partial charge in [-0.15, -0.1) is 0 Å². The number of rotatable bonds is 5. The quantitative estimate of drug-likeness (QED) is 0.660. The number of nitrogens with zero attached hydrogens (tertiary/aromatic N) is 1. The minimum Gasteiger partial charge on any atom is -0.484 e. The summed E-state index contributed by atoms with van der Waals surface area (Å²) in [4.78, 5) is 22.1. The molecule has 0 aromatic heterocycles. The highest BCUT2D eigenvalue weighted by molar-refractivity contribution is 6.34. The SMILES string of the molecule is O=C(COc1cc(Cl)cc(Cl)c1)Nc1ccccc1[N+](=O)[O-]. The number of ether oxygens (including phenoxy) is 1. The molecule has 0 heterocycles. The van der Waals surface area contributed by atoms with Gasteiger partial charge in [0.2, 0.25) is 0 Å². The first-order valence-electron chi connectivity index (χ1n) is 6.08. The highest BCUT2D eigenvalue weighted by atomic mass is 35.5. The number of benzene rings is 2.